The third-order valence-corrected chi connectivity index (χ3v) is 9.03. The monoisotopic (exact) mass is 561 g/mol. The van der Waals surface area contributed by atoms with E-state index in [-0.39, 0.29) is 29.6 Å². The SMILES string of the molecule is CN(C/C=C/C(=O)N1CC2(CC2)C[C@H]1c1nc(-c2ccc(C(=O)Cc3ccccn3)cc2)c2c(N)nccn12)C1CC1. The molecule has 4 heterocycles. The lowest BCUT2D eigenvalue weighted by molar-refractivity contribution is -0.127. The zero-order valence-electron chi connectivity index (χ0n) is 23.8. The van der Waals surface area contributed by atoms with Crippen molar-refractivity contribution in [2.75, 3.05) is 25.9 Å². The van der Waals surface area contributed by atoms with E-state index in [1.165, 1.54) is 12.8 Å². The van der Waals surface area contributed by atoms with E-state index in [0.29, 0.717) is 28.6 Å². The number of carbonyl (C=O) groups excluding carboxylic acids is 2. The highest BCUT2D eigenvalue weighted by atomic mass is 16.2. The number of aromatic nitrogens is 4. The summed E-state index contributed by atoms with van der Waals surface area (Å²) < 4.78 is 1.99. The van der Waals surface area contributed by atoms with Gasteiger partial charge in [0, 0.05) is 60.6 Å². The molecular weight excluding hydrogens is 526 g/mol. The van der Waals surface area contributed by atoms with Gasteiger partial charge in [-0.05, 0) is 56.7 Å². The van der Waals surface area contributed by atoms with E-state index in [1.807, 2.05) is 64.0 Å². The average molecular weight is 562 g/mol. The summed E-state index contributed by atoms with van der Waals surface area (Å²) in [6, 6.07) is 13.5. The van der Waals surface area contributed by atoms with E-state index in [2.05, 4.69) is 21.9 Å². The molecule has 4 aromatic rings. The number of likely N-dealkylation sites (tertiary alicyclic amines) is 1. The number of fused-ring (bicyclic) bond motifs is 1. The summed E-state index contributed by atoms with van der Waals surface area (Å²) in [6.45, 7) is 1.52. The molecule has 0 unspecified atom stereocenters. The second-order valence-electron chi connectivity index (χ2n) is 12.1. The van der Waals surface area contributed by atoms with Crippen LogP contribution in [0.2, 0.25) is 0 Å². The minimum absolute atomic E-state index is 0.00281. The first-order chi connectivity index (χ1) is 20.4. The lowest BCUT2D eigenvalue weighted by Crippen LogP contribution is -2.31. The Balaban J connectivity index is 1.18. The van der Waals surface area contributed by atoms with E-state index in [1.54, 1.807) is 18.5 Å². The van der Waals surface area contributed by atoms with Gasteiger partial charge in [-0.1, -0.05) is 36.4 Å². The molecule has 1 aromatic carbocycles. The molecule has 3 aromatic heterocycles. The first kappa shape index (κ1) is 26.5. The van der Waals surface area contributed by atoms with Gasteiger partial charge in [0.05, 0.1) is 12.5 Å². The molecule has 2 N–H and O–H groups in total. The summed E-state index contributed by atoms with van der Waals surface area (Å²) in [5, 5.41) is 0. The summed E-state index contributed by atoms with van der Waals surface area (Å²) in [4.78, 5) is 44.5. The number of amides is 1. The van der Waals surface area contributed by atoms with Crippen molar-refractivity contribution in [1.82, 2.24) is 29.2 Å². The maximum atomic E-state index is 13.5. The van der Waals surface area contributed by atoms with Crippen molar-refractivity contribution < 1.29 is 9.59 Å². The minimum atomic E-state index is -0.159. The van der Waals surface area contributed by atoms with Crippen molar-refractivity contribution in [3.8, 4) is 11.3 Å². The molecule has 7 rings (SSSR count). The molecule has 3 aliphatic rings. The maximum Gasteiger partial charge on any atom is 0.246 e. The lowest BCUT2D eigenvalue weighted by Gasteiger charge is -2.22. The van der Waals surface area contributed by atoms with Crippen molar-refractivity contribution in [2.45, 2.75) is 50.6 Å². The molecule has 9 heteroatoms. The van der Waals surface area contributed by atoms with E-state index < -0.39 is 0 Å². The number of nitrogens with two attached hydrogens (primary N) is 1. The highest BCUT2D eigenvalue weighted by Crippen LogP contribution is 2.58. The number of nitrogens with zero attached hydrogens (tertiary/aromatic N) is 6. The molecule has 1 spiro atoms. The molecule has 2 aliphatic carbocycles. The fraction of sp³-hybridized carbons (Fsp3) is 0.364. The molecule has 1 amide bonds. The van der Waals surface area contributed by atoms with E-state index in [0.717, 1.165) is 49.4 Å². The number of hydrogen-bond donors (Lipinski definition) is 1. The van der Waals surface area contributed by atoms with Crippen LogP contribution < -0.4 is 5.73 Å². The van der Waals surface area contributed by atoms with Crippen molar-refractivity contribution in [3.63, 3.8) is 0 Å². The zero-order valence-corrected chi connectivity index (χ0v) is 23.8. The standard InChI is InChI=1S/C33H35N7O2/c1-38(25-11-12-25)17-4-6-28(42)40-21-33(13-14-33)20-26(40)32-37-29(30-31(34)36-16-18-39(30)32)23-9-7-22(8-10-23)27(41)19-24-5-2-3-15-35-24/h2-10,15-16,18,25-26H,11-14,17,19-21H2,1H3,(H2,34,36)/b6-4+/t26-/m0/s1. The van der Waals surface area contributed by atoms with Gasteiger partial charge in [0.25, 0.3) is 0 Å². The molecule has 42 heavy (non-hydrogen) atoms. The van der Waals surface area contributed by atoms with Gasteiger partial charge in [-0.15, -0.1) is 0 Å². The number of rotatable bonds is 9. The number of likely N-dealkylation sites (N-methyl/N-ethyl adjacent to an activating group) is 1. The lowest BCUT2D eigenvalue weighted by atomic mass is 10.0. The van der Waals surface area contributed by atoms with Crippen LogP contribution in [0.15, 0.2) is 73.2 Å². The van der Waals surface area contributed by atoms with Gasteiger partial charge in [-0.2, -0.15) is 0 Å². The van der Waals surface area contributed by atoms with Crippen molar-refractivity contribution in [3.05, 3.63) is 90.3 Å². The average Bonchev–Trinajstić information content (AvgIpc) is 3.91. The van der Waals surface area contributed by atoms with Gasteiger partial charge in [0.1, 0.15) is 22.9 Å². The van der Waals surface area contributed by atoms with Gasteiger partial charge in [0.15, 0.2) is 5.78 Å². The summed E-state index contributed by atoms with van der Waals surface area (Å²) in [6.07, 6.45) is 14.9. The number of nitrogen functional groups attached to an aromatic ring is 1. The van der Waals surface area contributed by atoms with Crippen LogP contribution >= 0.6 is 0 Å². The number of benzene rings is 1. The Kier molecular flexibility index (Phi) is 6.61. The van der Waals surface area contributed by atoms with Crippen LogP contribution in [0.5, 0.6) is 0 Å². The summed E-state index contributed by atoms with van der Waals surface area (Å²) in [5.41, 5.74) is 10.2. The summed E-state index contributed by atoms with van der Waals surface area (Å²) in [5.74, 6) is 1.21. The van der Waals surface area contributed by atoms with Crippen LogP contribution in [0.3, 0.4) is 0 Å². The third-order valence-electron chi connectivity index (χ3n) is 9.03. The number of ketones is 1. The Hall–Kier alpha value is -4.37. The van der Waals surface area contributed by atoms with Crippen LogP contribution in [-0.2, 0) is 11.2 Å². The number of carbonyl (C=O) groups is 2. The maximum absolute atomic E-state index is 13.5. The van der Waals surface area contributed by atoms with Crippen molar-refractivity contribution in [2.24, 2.45) is 5.41 Å². The van der Waals surface area contributed by atoms with Crippen LogP contribution in [0.4, 0.5) is 5.82 Å². The molecule has 1 aliphatic heterocycles. The summed E-state index contributed by atoms with van der Waals surface area (Å²) in [7, 11) is 2.11. The van der Waals surface area contributed by atoms with Crippen LogP contribution in [0.25, 0.3) is 16.8 Å². The predicted octanol–water partition coefficient (Wildman–Crippen LogP) is 4.50. The van der Waals surface area contributed by atoms with Gasteiger partial charge in [-0.3, -0.25) is 23.9 Å². The Morgan fingerprint density at radius 3 is 2.62 bits per heavy atom. The molecule has 9 nitrogen and oxygen atoms in total. The van der Waals surface area contributed by atoms with Crippen LogP contribution in [-0.4, -0.2) is 67.0 Å². The van der Waals surface area contributed by atoms with E-state index in [4.69, 9.17) is 10.7 Å². The number of Topliss-reactive ketones (excluding diaryl/α,β-unsaturated/α-hetero) is 1. The second kappa shape index (κ2) is 10.5. The van der Waals surface area contributed by atoms with Gasteiger partial charge in [-0.25, -0.2) is 9.97 Å². The number of pyridine rings is 1. The largest absolute Gasteiger partial charge is 0.382 e. The molecule has 1 atom stereocenters. The normalized spacial score (nSPS) is 19.4. The Morgan fingerprint density at radius 2 is 1.90 bits per heavy atom. The van der Waals surface area contributed by atoms with Gasteiger partial charge >= 0.3 is 0 Å². The summed E-state index contributed by atoms with van der Waals surface area (Å²) >= 11 is 0. The fourth-order valence-electron chi connectivity index (χ4n) is 6.24. The highest BCUT2D eigenvalue weighted by molar-refractivity contribution is 5.98. The smallest absolute Gasteiger partial charge is 0.246 e. The zero-order chi connectivity index (χ0) is 28.8. The molecule has 2 saturated carbocycles. The van der Waals surface area contributed by atoms with Gasteiger partial charge < -0.3 is 10.6 Å². The van der Waals surface area contributed by atoms with Crippen molar-refractivity contribution in [1.29, 1.82) is 0 Å². The molecule has 3 fully saturated rings. The highest BCUT2D eigenvalue weighted by Gasteiger charge is 2.54. The molecule has 0 radical (unpaired) electrons. The Morgan fingerprint density at radius 1 is 1.10 bits per heavy atom. The first-order valence-electron chi connectivity index (χ1n) is 14.7. The van der Waals surface area contributed by atoms with Crippen molar-refractivity contribution >= 4 is 23.0 Å². The predicted molar refractivity (Wildman–Crippen MR) is 161 cm³/mol. The quantitative estimate of drug-likeness (QED) is 0.237. The molecule has 0 bridgehead atoms. The number of hydrogen-bond acceptors (Lipinski definition) is 7. The molecule has 214 valence electrons. The van der Waals surface area contributed by atoms with Gasteiger partial charge in [0.2, 0.25) is 5.91 Å². The first-order valence-corrected chi connectivity index (χ1v) is 14.7. The fourth-order valence-corrected chi connectivity index (χ4v) is 6.24. The Labute approximate surface area is 245 Å². The van der Waals surface area contributed by atoms with E-state index >= 15 is 0 Å². The second-order valence-corrected chi connectivity index (χ2v) is 12.1. The topological polar surface area (TPSA) is 110 Å². The Bertz CT molecular complexity index is 1670. The van der Waals surface area contributed by atoms with E-state index in [9.17, 15) is 9.59 Å². The number of imidazole rings is 1. The number of anilines is 1. The van der Waals surface area contributed by atoms with Crippen LogP contribution in [0, 0.1) is 5.41 Å². The molecule has 1 saturated heterocycles. The third kappa shape index (κ3) is 5.09. The minimum Gasteiger partial charge on any atom is -0.382 e. The molecular formula is C33H35N7O2. The van der Waals surface area contributed by atoms with Crippen LogP contribution in [0.1, 0.15) is 60.0 Å².